The first-order chi connectivity index (χ1) is 12.5. The molecule has 3 aliphatic rings. The number of piperazine rings is 1. The van der Waals surface area contributed by atoms with Gasteiger partial charge in [-0.1, -0.05) is 11.6 Å². The summed E-state index contributed by atoms with van der Waals surface area (Å²) >= 11 is 0. The largest absolute Gasteiger partial charge is 0.507 e. The fourth-order valence-corrected chi connectivity index (χ4v) is 4.69. The zero-order valence-corrected chi connectivity index (χ0v) is 16.2. The highest BCUT2D eigenvalue weighted by molar-refractivity contribution is 5.55. The van der Waals surface area contributed by atoms with Gasteiger partial charge in [0, 0.05) is 55.8 Å². The van der Waals surface area contributed by atoms with Gasteiger partial charge in [-0.05, 0) is 57.6 Å². The average molecular weight is 357 g/mol. The van der Waals surface area contributed by atoms with E-state index in [1.807, 2.05) is 13.0 Å². The summed E-state index contributed by atoms with van der Waals surface area (Å²) in [6.45, 7) is 9.33. The second-order valence-corrected chi connectivity index (χ2v) is 8.51. The van der Waals surface area contributed by atoms with Gasteiger partial charge in [0.15, 0.2) is 0 Å². The van der Waals surface area contributed by atoms with Crippen molar-refractivity contribution >= 4 is 0 Å². The van der Waals surface area contributed by atoms with Crippen LogP contribution in [0.15, 0.2) is 17.7 Å². The number of benzene rings is 1. The first-order valence-electron chi connectivity index (χ1n) is 10.2. The van der Waals surface area contributed by atoms with E-state index in [1.165, 1.54) is 18.4 Å². The van der Waals surface area contributed by atoms with Crippen LogP contribution in [0.5, 0.6) is 11.5 Å². The van der Waals surface area contributed by atoms with Gasteiger partial charge in [0.1, 0.15) is 11.5 Å². The summed E-state index contributed by atoms with van der Waals surface area (Å²) in [5, 5.41) is 21.6. The van der Waals surface area contributed by atoms with Crippen molar-refractivity contribution in [1.82, 2.24) is 9.80 Å². The molecule has 2 aliphatic carbocycles. The molecule has 4 rings (SSSR count). The maximum atomic E-state index is 11.0. The maximum absolute atomic E-state index is 11.0. The first kappa shape index (κ1) is 17.9. The van der Waals surface area contributed by atoms with Crippen molar-refractivity contribution in [1.29, 1.82) is 0 Å². The van der Waals surface area contributed by atoms with E-state index in [4.69, 9.17) is 0 Å². The molecule has 1 saturated heterocycles. The molecule has 2 N–H and O–H groups in total. The topological polar surface area (TPSA) is 46.9 Å². The minimum Gasteiger partial charge on any atom is -0.507 e. The second kappa shape index (κ2) is 7.24. The average Bonchev–Trinajstić information content (AvgIpc) is 3.44. The van der Waals surface area contributed by atoms with Gasteiger partial charge in [0.25, 0.3) is 0 Å². The third-order valence-corrected chi connectivity index (χ3v) is 6.44. The monoisotopic (exact) mass is 356 g/mol. The lowest BCUT2D eigenvalue weighted by atomic mass is 9.83. The molecular weight excluding hydrogens is 324 g/mol. The summed E-state index contributed by atoms with van der Waals surface area (Å²) in [6.07, 6.45) is 8.22. The van der Waals surface area contributed by atoms with Crippen molar-refractivity contribution in [2.45, 2.75) is 64.5 Å². The molecule has 142 valence electrons. The Morgan fingerprint density at radius 1 is 1.04 bits per heavy atom. The van der Waals surface area contributed by atoms with Crippen LogP contribution in [-0.4, -0.2) is 52.2 Å². The van der Waals surface area contributed by atoms with Crippen LogP contribution in [0.1, 0.15) is 61.6 Å². The van der Waals surface area contributed by atoms with Crippen LogP contribution in [-0.2, 0) is 6.54 Å². The van der Waals surface area contributed by atoms with E-state index < -0.39 is 0 Å². The Hall–Kier alpha value is -1.52. The van der Waals surface area contributed by atoms with E-state index >= 15 is 0 Å². The first-order valence-corrected chi connectivity index (χ1v) is 10.2. The summed E-state index contributed by atoms with van der Waals surface area (Å²) in [7, 11) is 0. The Labute approximate surface area is 157 Å². The number of hydrogen-bond donors (Lipinski definition) is 2. The molecule has 0 amide bonds. The van der Waals surface area contributed by atoms with Gasteiger partial charge in [-0.2, -0.15) is 0 Å². The van der Waals surface area contributed by atoms with Crippen molar-refractivity contribution in [2.75, 3.05) is 26.2 Å². The number of rotatable bonds is 4. The number of aryl methyl sites for hydroxylation is 1. The molecule has 4 nitrogen and oxygen atoms in total. The van der Waals surface area contributed by atoms with Crippen LogP contribution in [0.2, 0.25) is 0 Å². The Bertz CT molecular complexity index is 701. The smallest absolute Gasteiger partial charge is 0.127 e. The molecule has 0 spiro atoms. The van der Waals surface area contributed by atoms with Crippen LogP contribution >= 0.6 is 0 Å². The normalized spacial score (nSPS) is 25.3. The summed E-state index contributed by atoms with van der Waals surface area (Å²) in [4.78, 5) is 5.06. The molecule has 0 aromatic heterocycles. The van der Waals surface area contributed by atoms with E-state index in [0.717, 1.165) is 74.7 Å². The predicted octanol–water partition coefficient (Wildman–Crippen LogP) is 3.90. The number of allylic oxidation sites excluding steroid dienone is 2. The predicted molar refractivity (Wildman–Crippen MR) is 105 cm³/mol. The number of nitrogens with zero attached hydrogens (tertiary/aromatic N) is 2. The van der Waals surface area contributed by atoms with E-state index in [2.05, 4.69) is 22.8 Å². The number of hydrogen-bond acceptors (Lipinski definition) is 4. The lowest BCUT2D eigenvalue weighted by molar-refractivity contribution is 0.120. The standard InChI is InChI=1S/C22H32N2O2/c1-15-4-3-5-17(12-15)21-20(25)13-16(2)19(22(21)26)14-23-8-10-24(11-9-23)18-6-7-18/h12-13,17-18,25-26H,3-11,14H2,1-2H3. The molecule has 1 atom stereocenters. The molecule has 0 radical (unpaired) electrons. The van der Waals surface area contributed by atoms with E-state index in [-0.39, 0.29) is 11.7 Å². The van der Waals surface area contributed by atoms with E-state index in [9.17, 15) is 10.2 Å². The maximum Gasteiger partial charge on any atom is 0.127 e. The molecule has 26 heavy (non-hydrogen) atoms. The van der Waals surface area contributed by atoms with E-state index in [1.54, 1.807) is 0 Å². The van der Waals surface area contributed by atoms with Gasteiger partial charge in [0.05, 0.1) is 0 Å². The minimum absolute atomic E-state index is 0.134. The van der Waals surface area contributed by atoms with Crippen LogP contribution in [0.3, 0.4) is 0 Å². The van der Waals surface area contributed by atoms with Crippen molar-refractivity contribution in [2.24, 2.45) is 0 Å². The van der Waals surface area contributed by atoms with Gasteiger partial charge in [-0.15, -0.1) is 0 Å². The lowest BCUT2D eigenvalue weighted by Gasteiger charge is -2.35. The molecule has 1 aromatic rings. The summed E-state index contributed by atoms with van der Waals surface area (Å²) in [6, 6.07) is 2.69. The van der Waals surface area contributed by atoms with Crippen molar-refractivity contribution in [3.63, 3.8) is 0 Å². The molecule has 1 aliphatic heterocycles. The third kappa shape index (κ3) is 3.63. The summed E-state index contributed by atoms with van der Waals surface area (Å²) < 4.78 is 0. The van der Waals surface area contributed by atoms with Crippen molar-refractivity contribution < 1.29 is 10.2 Å². The zero-order chi connectivity index (χ0) is 18.3. The molecule has 1 heterocycles. The molecule has 1 saturated carbocycles. The quantitative estimate of drug-likeness (QED) is 0.803. The molecule has 4 heteroatoms. The SMILES string of the molecule is CC1=CC(c2c(O)cc(C)c(CN3CCN(C4CC4)CC3)c2O)CCC1. The molecule has 1 aromatic carbocycles. The van der Waals surface area contributed by atoms with Gasteiger partial charge in [-0.25, -0.2) is 0 Å². The highest BCUT2D eigenvalue weighted by Crippen LogP contribution is 2.43. The second-order valence-electron chi connectivity index (χ2n) is 8.51. The zero-order valence-electron chi connectivity index (χ0n) is 16.2. The van der Waals surface area contributed by atoms with Crippen LogP contribution in [0, 0.1) is 6.92 Å². The van der Waals surface area contributed by atoms with Gasteiger partial charge in [0.2, 0.25) is 0 Å². The fourth-order valence-electron chi connectivity index (χ4n) is 4.69. The number of aromatic hydroxyl groups is 2. The van der Waals surface area contributed by atoms with Crippen LogP contribution in [0.4, 0.5) is 0 Å². The fraction of sp³-hybridized carbons (Fsp3) is 0.636. The highest BCUT2D eigenvalue weighted by Gasteiger charge is 2.32. The van der Waals surface area contributed by atoms with Crippen LogP contribution in [0.25, 0.3) is 0 Å². The number of phenolic OH excluding ortho intramolecular Hbond substituents is 2. The van der Waals surface area contributed by atoms with Gasteiger partial charge >= 0.3 is 0 Å². The van der Waals surface area contributed by atoms with Gasteiger partial charge in [-0.3, -0.25) is 9.80 Å². The van der Waals surface area contributed by atoms with Crippen LogP contribution < -0.4 is 0 Å². The minimum atomic E-state index is 0.134. The molecule has 2 fully saturated rings. The molecule has 0 bridgehead atoms. The lowest BCUT2D eigenvalue weighted by Crippen LogP contribution is -2.46. The van der Waals surface area contributed by atoms with Crippen molar-refractivity contribution in [3.8, 4) is 11.5 Å². The summed E-state index contributed by atoms with van der Waals surface area (Å²) in [5.41, 5.74) is 4.08. The Morgan fingerprint density at radius 3 is 2.42 bits per heavy atom. The highest BCUT2D eigenvalue weighted by atomic mass is 16.3. The van der Waals surface area contributed by atoms with Crippen molar-refractivity contribution in [3.05, 3.63) is 34.4 Å². The Morgan fingerprint density at radius 2 is 1.77 bits per heavy atom. The molecule has 1 unspecified atom stereocenters. The van der Waals surface area contributed by atoms with E-state index in [0.29, 0.717) is 5.75 Å². The summed E-state index contributed by atoms with van der Waals surface area (Å²) in [5.74, 6) is 0.705. The Balaban J connectivity index is 1.54. The molecular formula is C22H32N2O2. The van der Waals surface area contributed by atoms with Gasteiger partial charge < -0.3 is 10.2 Å². The number of phenols is 2. The Kier molecular flexibility index (Phi) is 4.98. The third-order valence-electron chi connectivity index (χ3n) is 6.44.